The fourth-order valence-electron chi connectivity index (χ4n) is 3.47. The van der Waals surface area contributed by atoms with Crippen LogP contribution in [0.15, 0.2) is 36.5 Å². The van der Waals surface area contributed by atoms with Crippen LogP contribution in [0.1, 0.15) is 40.2 Å². The quantitative estimate of drug-likeness (QED) is 0.586. The van der Waals surface area contributed by atoms with Crippen molar-refractivity contribution in [1.29, 1.82) is 0 Å². The van der Waals surface area contributed by atoms with E-state index in [-0.39, 0.29) is 18.6 Å². The summed E-state index contributed by atoms with van der Waals surface area (Å²) in [5.74, 6) is 1.16. The van der Waals surface area contributed by atoms with Gasteiger partial charge >= 0.3 is 0 Å². The van der Waals surface area contributed by atoms with Gasteiger partial charge in [-0.3, -0.25) is 14.0 Å². The number of fused-ring (bicyclic) bond motifs is 2. The predicted octanol–water partition coefficient (Wildman–Crippen LogP) is 2.51. The minimum absolute atomic E-state index is 0.0662. The minimum atomic E-state index is -0.189. The van der Waals surface area contributed by atoms with Crippen molar-refractivity contribution in [3.8, 4) is 11.5 Å². The minimum Gasteiger partial charge on any atom is -0.454 e. The molecule has 0 fully saturated rings. The molecule has 2 N–H and O–H groups in total. The number of benzene rings is 1. The number of carbonyl (C=O) groups is 2. The second-order valence-electron chi connectivity index (χ2n) is 7.25. The Morgan fingerprint density at radius 1 is 1.13 bits per heavy atom. The Balaban J connectivity index is 1.23. The van der Waals surface area contributed by atoms with Crippen LogP contribution in [0.5, 0.6) is 11.5 Å². The molecule has 8 nitrogen and oxygen atoms in total. The van der Waals surface area contributed by atoms with Crippen molar-refractivity contribution >= 4 is 17.5 Å². The average Bonchev–Trinajstić information content (AvgIpc) is 3.33. The Kier molecular flexibility index (Phi) is 5.56. The number of hydrogen-bond donors (Lipinski definition) is 2. The highest BCUT2D eigenvalue weighted by Gasteiger charge is 2.17. The van der Waals surface area contributed by atoms with Gasteiger partial charge in [0.2, 0.25) is 12.7 Å². The fraction of sp³-hybridized carbons (Fsp3) is 0.318. The Morgan fingerprint density at radius 2 is 1.97 bits per heavy atom. The Labute approximate surface area is 174 Å². The molecule has 156 valence electrons. The summed E-state index contributed by atoms with van der Waals surface area (Å²) in [6, 6.07) is 9.45. The summed E-state index contributed by atoms with van der Waals surface area (Å²) in [7, 11) is 0. The number of aryl methyl sites for hydroxylation is 2. The van der Waals surface area contributed by atoms with E-state index in [1.807, 2.05) is 50.4 Å². The zero-order valence-corrected chi connectivity index (χ0v) is 17.0. The smallest absolute Gasteiger partial charge is 0.270 e. The Bertz CT molecular complexity index is 1110. The van der Waals surface area contributed by atoms with Gasteiger partial charge in [0.05, 0.1) is 5.69 Å². The summed E-state index contributed by atoms with van der Waals surface area (Å²) < 4.78 is 12.4. The Morgan fingerprint density at radius 3 is 2.83 bits per heavy atom. The molecule has 0 atom stereocenters. The molecular weight excluding hydrogens is 384 g/mol. The zero-order valence-electron chi connectivity index (χ0n) is 17.0. The molecule has 0 unspecified atom stereocenters. The van der Waals surface area contributed by atoms with Crippen LogP contribution in [-0.2, 0) is 11.3 Å². The average molecular weight is 408 g/mol. The maximum atomic E-state index is 12.6. The molecule has 1 aliphatic heterocycles. The number of pyridine rings is 1. The number of carbonyl (C=O) groups excluding carboxylic acids is 2. The van der Waals surface area contributed by atoms with Gasteiger partial charge in [0.15, 0.2) is 11.5 Å². The molecule has 1 aromatic carbocycles. The van der Waals surface area contributed by atoms with E-state index >= 15 is 0 Å². The van der Waals surface area contributed by atoms with Crippen molar-refractivity contribution in [1.82, 2.24) is 20.0 Å². The van der Waals surface area contributed by atoms with Crippen LogP contribution in [0.25, 0.3) is 5.65 Å². The molecule has 2 aromatic heterocycles. The molecule has 3 heterocycles. The second-order valence-corrected chi connectivity index (χ2v) is 7.25. The molecule has 8 heteroatoms. The van der Waals surface area contributed by atoms with Crippen LogP contribution < -0.4 is 20.1 Å². The van der Waals surface area contributed by atoms with E-state index in [4.69, 9.17) is 9.47 Å². The highest BCUT2D eigenvalue weighted by Crippen LogP contribution is 2.32. The van der Waals surface area contributed by atoms with E-state index in [9.17, 15) is 9.59 Å². The van der Waals surface area contributed by atoms with Gasteiger partial charge in [-0.1, -0.05) is 12.1 Å². The highest BCUT2D eigenvalue weighted by molar-refractivity contribution is 5.94. The van der Waals surface area contributed by atoms with E-state index in [0.717, 1.165) is 22.5 Å². The van der Waals surface area contributed by atoms with E-state index in [1.165, 1.54) is 0 Å². The third-order valence-corrected chi connectivity index (χ3v) is 5.03. The molecule has 4 rings (SSSR count). The maximum absolute atomic E-state index is 12.6. The van der Waals surface area contributed by atoms with E-state index in [2.05, 4.69) is 15.6 Å². The second kappa shape index (κ2) is 8.44. The summed E-state index contributed by atoms with van der Waals surface area (Å²) in [4.78, 5) is 29.2. The van der Waals surface area contributed by atoms with Crippen molar-refractivity contribution < 1.29 is 19.1 Å². The molecular formula is C22H24N4O4. The molecule has 30 heavy (non-hydrogen) atoms. The summed E-state index contributed by atoms with van der Waals surface area (Å²) >= 11 is 0. The monoisotopic (exact) mass is 408 g/mol. The van der Waals surface area contributed by atoms with Gasteiger partial charge in [0, 0.05) is 25.7 Å². The third-order valence-electron chi connectivity index (χ3n) is 5.03. The van der Waals surface area contributed by atoms with Gasteiger partial charge < -0.3 is 20.1 Å². The van der Waals surface area contributed by atoms with Gasteiger partial charge in [-0.25, -0.2) is 4.98 Å². The number of imidazole rings is 1. The van der Waals surface area contributed by atoms with Crippen LogP contribution in [0, 0.1) is 13.8 Å². The largest absolute Gasteiger partial charge is 0.454 e. The number of hydrogen-bond acceptors (Lipinski definition) is 5. The van der Waals surface area contributed by atoms with Gasteiger partial charge in [0.1, 0.15) is 11.3 Å². The first kappa shape index (κ1) is 19.8. The Hall–Kier alpha value is -3.55. The fourth-order valence-corrected chi connectivity index (χ4v) is 3.47. The molecule has 0 bridgehead atoms. The first-order valence-corrected chi connectivity index (χ1v) is 9.90. The van der Waals surface area contributed by atoms with Crippen molar-refractivity contribution in [2.24, 2.45) is 0 Å². The predicted molar refractivity (Wildman–Crippen MR) is 111 cm³/mol. The maximum Gasteiger partial charge on any atom is 0.270 e. The molecule has 0 spiro atoms. The lowest BCUT2D eigenvalue weighted by atomic mass is 10.2. The van der Waals surface area contributed by atoms with E-state index in [0.29, 0.717) is 43.1 Å². The van der Waals surface area contributed by atoms with Crippen molar-refractivity contribution in [3.05, 3.63) is 59.0 Å². The number of ether oxygens (including phenoxy) is 2. The molecule has 0 radical (unpaired) electrons. The van der Waals surface area contributed by atoms with Crippen molar-refractivity contribution in [2.45, 2.75) is 33.2 Å². The lowest BCUT2D eigenvalue weighted by Crippen LogP contribution is -2.28. The number of nitrogens with zero attached hydrogens (tertiary/aromatic N) is 2. The van der Waals surface area contributed by atoms with Crippen LogP contribution in [0.4, 0.5) is 0 Å². The van der Waals surface area contributed by atoms with Crippen LogP contribution in [0.2, 0.25) is 0 Å². The number of nitrogens with one attached hydrogen (secondary N) is 2. The van der Waals surface area contributed by atoms with E-state index < -0.39 is 0 Å². The summed E-state index contributed by atoms with van der Waals surface area (Å²) in [5, 5.41) is 5.77. The SMILES string of the molecule is Cc1nc2c(C)cccn2c1C(=O)NCCCC(=O)NCc1ccc2c(c1)OCO2. The van der Waals surface area contributed by atoms with Crippen molar-refractivity contribution in [3.63, 3.8) is 0 Å². The van der Waals surface area contributed by atoms with Crippen LogP contribution >= 0.6 is 0 Å². The molecule has 2 amide bonds. The topological polar surface area (TPSA) is 94.0 Å². The zero-order chi connectivity index (χ0) is 21.1. The normalized spacial score (nSPS) is 12.2. The third kappa shape index (κ3) is 4.07. The first-order chi connectivity index (χ1) is 14.5. The molecule has 0 aliphatic carbocycles. The summed E-state index contributed by atoms with van der Waals surface area (Å²) in [5.41, 5.74) is 3.95. The lowest BCUT2D eigenvalue weighted by molar-refractivity contribution is -0.121. The van der Waals surface area contributed by atoms with E-state index in [1.54, 1.807) is 4.40 Å². The molecule has 1 aliphatic rings. The van der Waals surface area contributed by atoms with Gasteiger partial charge in [-0.15, -0.1) is 0 Å². The molecule has 0 saturated heterocycles. The standard InChI is InChI=1S/C22H24N4O4/c1-14-5-4-10-26-20(15(2)25-21(14)26)22(28)23-9-3-6-19(27)24-12-16-7-8-17-18(11-16)30-13-29-17/h4-5,7-8,10-11H,3,6,9,12-13H2,1-2H3,(H,23,28)(H,24,27). The van der Waals surface area contributed by atoms with Gasteiger partial charge in [0.25, 0.3) is 5.91 Å². The number of aromatic nitrogens is 2. The summed E-state index contributed by atoms with van der Waals surface area (Å²) in [6.07, 6.45) is 2.71. The first-order valence-electron chi connectivity index (χ1n) is 9.90. The highest BCUT2D eigenvalue weighted by atomic mass is 16.7. The van der Waals surface area contributed by atoms with Gasteiger partial charge in [-0.2, -0.15) is 0 Å². The molecule has 3 aromatic rings. The lowest BCUT2D eigenvalue weighted by Gasteiger charge is -2.08. The summed E-state index contributed by atoms with van der Waals surface area (Å²) in [6.45, 7) is 4.85. The molecule has 0 saturated carbocycles. The van der Waals surface area contributed by atoms with Crippen LogP contribution in [-0.4, -0.2) is 34.5 Å². The number of rotatable bonds is 7. The van der Waals surface area contributed by atoms with Crippen molar-refractivity contribution in [2.75, 3.05) is 13.3 Å². The van der Waals surface area contributed by atoms with Gasteiger partial charge in [-0.05, 0) is 49.6 Å². The van der Waals surface area contributed by atoms with Crippen LogP contribution in [0.3, 0.4) is 0 Å². The number of amides is 2.